The van der Waals surface area contributed by atoms with Gasteiger partial charge in [0.2, 0.25) is 0 Å². The van der Waals surface area contributed by atoms with Crippen molar-refractivity contribution in [2.24, 2.45) is 0 Å². The van der Waals surface area contributed by atoms with Crippen LogP contribution in [-0.4, -0.2) is 20.2 Å². The average Bonchev–Trinajstić information content (AvgIpc) is 2.54. The van der Waals surface area contributed by atoms with Gasteiger partial charge in [-0.15, -0.1) is 10.2 Å². The fourth-order valence-electron chi connectivity index (χ4n) is 2.23. The molecule has 0 amide bonds. The number of fused-ring (bicyclic) bond motifs is 2. The predicted octanol–water partition coefficient (Wildman–Crippen LogP) is 3.04. The lowest BCUT2D eigenvalue weighted by molar-refractivity contribution is 1.07. The first kappa shape index (κ1) is 11.0. The van der Waals surface area contributed by atoms with E-state index >= 15 is 0 Å². The predicted molar refractivity (Wildman–Crippen MR) is 76.9 cm³/mol. The fourth-order valence-corrected chi connectivity index (χ4v) is 2.23. The quantitative estimate of drug-likeness (QED) is 0.526. The van der Waals surface area contributed by atoms with Crippen molar-refractivity contribution in [2.45, 2.75) is 0 Å². The molecule has 2 heterocycles. The van der Waals surface area contributed by atoms with Crippen LogP contribution in [0.15, 0.2) is 54.7 Å². The molecule has 0 N–H and O–H groups in total. The molecule has 0 fully saturated rings. The molecule has 0 saturated carbocycles. The zero-order valence-electron chi connectivity index (χ0n) is 10.5. The normalized spacial score (nSPS) is 11.0. The highest BCUT2D eigenvalue weighted by molar-refractivity contribution is 5.93. The molecular formula is C16H9N4. The van der Waals surface area contributed by atoms with Gasteiger partial charge < -0.3 is 0 Å². The fraction of sp³-hybridized carbons (Fsp3) is 0. The van der Waals surface area contributed by atoms with Gasteiger partial charge in [-0.25, -0.2) is 4.98 Å². The Hall–Kier alpha value is -2.88. The van der Waals surface area contributed by atoms with E-state index in [0.29, 0.717) is 0 Å². The molecule has 2 aromatic heterocycles. The van der Waals surface area contributed by atoms with E-state index in [-0.39, 0.29) is 0 Å². The van der Waals surface area contributed by atoms with E-state index in [4.69, 9.17) is 0 Å². The molecule has 4 nitrogen and oxygen atoms in total. The summed E-state index contributed by atoms with van der Waals surface area (Å²) in [6.07, 6.45) is 4.68. The van der Waals surface area contributed by atoms with E-state index in [1.165, 1.54) is 0 Å². The summed E-state index contributed by atoms with van der Waals surface area (Å²) >= 11 is 0. The van der Waals surface area contributed by atoms with Crippen LogP contribution >= 0.6 is 0 Å². The molecule has 0 aliphatic heterocycles. The highest BCUT2D eigenvalue weighted by atomic mass is 15.1. The van der Waals surface area contributed by atoms with E-state index in [2.05, 4.69) is 26.4 Å². The lowest BCUT2D eigenvalue weighted by Gasteiger charge is -2.04. The Kier molecular flexibility index (Phi) is 2.39. The molecule has 0 aliphatic carbocycles. The van der Waals surface area contributed by atoms with Crippen molar-refractivity contribution in [1.29, 1.82) is 0 Å². The van der Waals surface area contributed by atoms with E-state index in [1.807, 2.05) is 48.5 Å². The maximum atomic E-state index is 4.63. The monoisotopic (exact) mass is 257 g/mol. The first-order chi connectivity index (χ1) is 9.92. The van der Waals surface area contributed by atoms with E-state index < -0.39 is 0 Å². The third kappa shape index (κ3) is 1.70. The van der Waals surface area contributed by atoms with Gasteiger partial charge in [0.05, 0.1) is 28.4 Å². The van der Waals surface area contributed by atoms with Crippen LogP contribution in [0.3, 0.4) is 0 Å². The second-order valence-electron chi connectivity index (χ2n) is 4.45. The molecule has 93 valence electrons. The summed E-state index contributed by atoms with van der Waals surface area (Å²) in [4.78, 5) is 9.07. The summed E-state index contributed by atoms with van der Waals surface area (Å²) < 4.78 is 0. The smallest absolute Gasteiger partial charge is 0.124 e. The summed E-state index contributed by atoms with van der Waals surface area (Å²) in [5.74, 6) is 0. The second kappa shape index (κ2) is 4.35. The Labute approximate surface area is 115 Å². The molecule has 0 aliphatic rings. The van der Waals surface area contributed by atoms with Crippen LogP contribution in [-0.2, 0) is 0 Å². The lowest BCUT2D eigenvalue weighted by atomic mass is 10.1. The Morgan fingerprint density at radius 2 is 1.55 bits per heavy atom. The van der Waals surface area contributed by atoms with E-state index in [9.17, 15) is 0 Å². The van der Waals surface area contributed by atoms with Crippen molar-refractivity contribution in [3.63, 3.8) is 0 Å². The summed E-state index contributed by atoms with van der Waals surface area (Å²) in [7, 11) is 0. The van der Waals surface area contributed by atoms with Crippen LogP contribution in [0.4, 0.5) is 0 Å². The Balaban J connectivity index is 2.01. The van der Waals surface area contributed by atoms with E-state index in [0.717, 1.165) is 33.2 Å². The molecule has 2 aromatic carbocycles. The minimum Gasteiger partial charge on any atom is -0.252 e. The second-order valence-corrected chi connectivity index (χ2v) is 4.45. The molecule has 4 aromatic rings. The lowest BCUT2D eigenvalue weighted by Crippen LogP contribution is -1.92. The third-order valence-corrected chi connectivity index (χ3v) is 3.20. The minimum atomic E-state index is 0.759. The van der Waals surface area contributed by atoms with Crippen molar-refractivity contribution in [3.05, 3.63) is 60.9 Å². The molecule has 0 spiro atoms. The van der Waals surface area contributed by atoms with Gasteiger partial charge in [-0.1, -0.05) is 30.3 Å². The van der Waals surface area contributed by atoms with Crippen molar-refractivity contribution in [1.82, 2.24) is 20.2 Å². The van der Waals surface area contributed by atoms with Gasteiger partial charge in [-0.2, -0.15) is 0 Å². The highest BCUT2D eigenvalue weighted by Crippen LogP contribution is 2.25. The van der Waals surface area contributed by atoms with Crippen LogP contribution in [0, 0.1) is 6.20 Å². The maximum Gasteiger partial charge on any atom is 0.124 e. The SMILES string of the molecule is [c]1nnc2ccccc2c1-c1cnc2ccccc2n1. The highest BCUT2D eigenvalue weighted by Gasteiger charge is 2.08. The van der Waals surface area contributed by atoms with Crippen LogP contribution in [0.5, 0.6) is 0 Å². The number of benzene rings is 2. The first-order valence-electron chi connectivity index (χ1n) is 6.27. The maximum absolute atomic E-state index is 4.63. The molecule has 0 bridgehead atoms. The van der Waals surface area contributed by atoms with Crippen molar-refractivity contribution in [2.75, 3.05) is 0 Å². The molecule has 0 atom stereocenters. The molecule has 4 rings (SSSR count). The van der Waals surface area contributed by atoms with Crippen molar-refractivity contribution < 1.29 is 0 Å². The number of aromatic nitrogens is 4. The minimum absolute atomic E-state index is 0.759. The van der Waals surface area contributed by atoms with Gasteiger partial charge in [0, 0.05) is 10.9 Å². The summed E-state index contributed by atoms with van der Waals surface area (Å²) in [6.45, 7) is 0. The topological polar surface area (TPSA) is 51.6 Å². The summed E-state index contributed by atoms with van der Waals surface area (Å²) in [5, 5.41) is 8.98. The number of hydrogen-bond acceptors (Lipinski definition) is 4. The average molecular weight is 257 g/mol. The summed E-state index contributed by atoms with van der Waals surface area (Å²) in [6, 6.07) is 15.6. The number of rotatable bonds is 1. The third-order valence-electron chi connectivity index (χ3n) is 3.20. The van der Waals surface area contributed by atoms with Crippen LogP contribution in [0.1, 0.15) is 0 Å². The Bertz CT molecular complexity index is 913. The molecule has 4 heteroatoms. The Morgan fingerprint density at radius 3 is 2.45 bits per heavy atom. The largest absolute Gasteiger partial charge is 0.252 e. The van der Waals surface area contributed by atoms with Gasteiger partial charge in [-0.3, -0.25) is 4.98 Å². The van der Waals surface area contributed by atoms with Crippen LogP contribution in [0.2, 0.25) is 0 Å². The van der Waals surface area contributed by atoms with Gasteiger partial charge in [-0.05, 0) is 18.2 Å². The van der Waals surface area contributed by atoms with Crippen molar-refractivity contribution in [3.8, 4) is 11.3 Å². The first-order valence-corrected chi connectivity index (χ1v) is 6.27. The number of para-hydroxylation sites is 2. The number of hydrogen-bond donors (Lipinski definition) is 0. The standard InChI is InChI=1S/C16H9N4/c1-2-6-13-11(5-1)12(9-18-20-13)16-10-17-14-7-3-4-8-15(14)19-16/h1-8,10H. The van der Waals surface area contributed by atoms with Gasteiger partial charge in [0.1, 0.15) is 6.20 Å². The van der Waals surface area contributed by atoms with Gasteiger partial charge in [0.25, 0.3) is 0 Å². The molecule has 0 unspecified atom stereocenters. The Morgan fingerprint density at radius 1 is 0.800 bits per heavy atom. The zero-order valence-corrected chi connectivity index (χ0v) is 10.5. The zero-order chi connectivity index (χ0) is 13.4. The molecular weight excluding hydrogens is 248 g/mol. The molecule has 20 heavy (non-hydrogen) atoms. The van der Waals surface area contributed by atoms with E-state index in [1.54, 1.807) is 6.20 Å². The van der Waals surface area contributed by atoms with Gasteiger partial charge in [0.15, 0.2) is 0 Å². The van der Waals surface area contributed by atoms with Crippen LogP contribution < -0.4 is 0 Å². The van der Waals surface area contributed by atoms with Crippen LogP contribution in [0.25, 0.3) is 33.2 Å². The summed E-state index contributed by atoms with van der Waals surface area (Å²) in [5.41, 5.74) is 4.15. The van der Waals surface area contributed by atoms with Crippen molar-refractivity contribution >= 4 is 21.9 Å². The van der Waals surface area contributed by atoms with Gasteiger partial charge >= 0.3 is 0 Å². The molecule has 1 radical (unpaired) electrons. The molecule has 0 saturated heterocycles. The number of nitrogens with zero attached hydrogens (tertiary/aromatic N) is 4.